The van der Waals surface area contributed by atoms with Gasteiger partial charge in [0.15, 0.2) is 0 Å². The Kier molecular flexibility index (Phi) is 6.65. The molecule has 1 N–H and O–H groups in total. The Morgan fingerprint density at radius 2 is 1.68 bits per heavy atom. The molecule has 0 spiro atoms. The van der Waals surface area contributed by atoms with Crippen LogP contribution in [0, 0.1) is 0 Å². The number of halogens is 3. The molecule has 5 nitrogen and oxygen atoms in total. The summed E-state index contributed by atoms with van der Waals surface area (Å²) < 4.78 is 48.5. The van der Waals surface area contributed by atoms with Crippen molar-refractivity contribution in [2.75, 3.05) is 19.0 Å². The van der Waals surface area contributed by atoms with E-state index in [2.05, 4.69) is 5.32 Å². The molecule has 0 aliphatic carbocycles. The lowest BCUT2D eigenvalue weighted by atomic mass is 10.0. The fourth-order valence-electron chi connectivity index (χ4n) is 2.82. The number of nitrogens with one attached hydrogen (secondary N) is 1. The molecule has 9 heteroatoms. The number of thiophene rings is 1. The van der Waals surface area contributed by atoms with Crippen molar-refractivity contribution in [3.63, 3.8) is 0 Å². The van der Waals surface area contributed by atoms with Gasteiger partial charge in [-0.05, 0) is 48.9 Å². The largest absolute Gasteiger partial charge is 0.497 e. The minimum atomic E-state index is -4.49. The molecule has 0 aliphatic rings. The SMILES string of the molecule is CCOC(=O)c1c(-c2ccc(OC)cc2)csc1NC(=O)c1ccc(C(F)(F)F)cc1. The predicted molar refractivity (Wildman–Crippen MR) is 112 cm³/mol. The van der Waals surface area contributed by atoms with Crippen LogP contribution in [0.4, 0.5) is 18.2 Å². The molecule has 0 aliphatic heterocycles. The van der Waals surface area contributed by atoms with Crippen LogP contribution in [0.15, 0.2) is 53.9 Å². The molecule has 0 radical (unpaired) electrons. The van der Waals surface area contributed by atoms with Gasteiger partial charge in [-0.15, -0.1) is 11.3 Å². The molecule has 162 valence electrons. The number of hydrogen-bond donors (Lipinski definition) is 1. The van der Waals surface area contributed by atoms with Crippen LogP contribution in [0.1, 0.15) is 33.2 Å². The molecule has 0 atom stereocenters. The van der Waals surface area contributed by atoms with Crippen LogP contribution >= 0.6 is 11.3 Å². The van der Waals surface area contributed by atoms with Crippen molar-refractivity contribution < 1.29 is 32.2 Å². The standard InChI is InChI=1S/C22H18F3NO4S/c1-3-30-21(28)18-17(13-6-10-16(29-2)11-7-13)12-31-20(18)26-19(27)14-4-8-15(9-5-14)22(23,24)25/h4-12H,3H2,1-2H3,(H,26,27). The smallest absolute Gasteiger partial charge is 0.416 e. The van der Waals surface area contributed by atoms with Crippen molar-refractivity contribution in [1.29, 1.82) is 0 Å². The Balaban J connectivity index is 1.92. The molecular weight excluding hydrogens is 431 g/mol. The third-order valence-electron chi connectivity index (χ3n) is 4.37. The summed E-state index contributed by atoms with van der Waals surface area (Å²) in [5, 5.41) is 4.56. The lowest BCUT2D eigenvalue weighted by Crippen LogP contribution is -2.15. The van der Waals surface area contributed by atoms with E-state index in [1.165, 1.54) is 0 Å². The zero-order chi connectivity index (χ0) is 22.6. The summed E-state index contributed by atoms with van der Waals surface area (Å²) in [6, 6.07) is 10.8. The molecule has 31 heavy (non-hydrogen) atoms. The van der Waals surface area contributed by atoms with E-state index in [-0.39, 0.29) is 22.7 Å². The van der Waals surface area contributed by atoms with Gasteiger partial charge in [0.05, 0.1) is 19.3 Å². The van der Waals surface area contributed by atoms with Crippen molar-refractivity contribution in [3.8, 4) is 16.9 Å². The minimum Gasteiger partial charge on any atom is -0.497 e. The van der Waals surface area contributed by atoms with E-state index in [1.54, 1.807) is 43.7 Å². The number of anilines is 1. The maximum absolute atomic E-state index is 12.7. The maximum Gasteiger partial charge on any atom is 0.416 e. The number of hydrogen-bond acceptors (Lipinski definition) is 5. The van der Waals surface area contributed by atoms with Gasteiger partial charge in [0.2, 0.25) is 0 Å². The van der Waals surface area contributed by atoms with E-state index in [4.69, 9.17) is 9.47 Å². The Hall–Kier alpha value is -3.33. The van der Waals surface area contributed by atoms with Crippen molar-refractivity contribution in [3.05, 3.63) is 70.6 Å². The number of methoxy groups -OCH3 is 1. The minimum absolute atomic E-state index is 0.0298. The van der Waals surface area contributed by atoms with E-state index < -0.39 is 23.6 Å². The number of benzene rings is 2. The van der Waals surface area contributed by atoms with Gasteiger partial charge in [-0.3, -0.25) is 4.79 Å². The first-order chi connectivity index (χ1) is 14.7. The Bertz CT molecular complexity index is 1070. The second kappa shape index (κ2) is 9.22. The average Bonchev–Trinajstić information content (AvgIpc) is 3.17. The topological polar surface area (TPSA) is 64.6 Å². The quantitative estimate of drug-likeness (QED) is 0.478. The van der Waals surface area contributed by atoms with Crippen molar-refractivity contribution >= 4 is 28.2 Å². The van der Waals surface area contributed by atoms with Crippen LogP contribution < -0.4 is 10.1 Å². The van der Waals surface area contributed by atoms with Gasteiger partial charge in [0.1, 0.15) is 16.3 Å². The average molecular weight is 449 g/mol. The lowest BCUT2D eigenvalue weighted by Gasteiger charge is -2.10. The molecule has 0 saturated carbocycles. The van der Waals surface area contributed by atoms with E-state index in [9.17, 15) is 22.8 Å². The first-order valence-corrected chi connectivity index (χ1v) is 10.0. The van der Waals surface area contributed by atoms with Crippen LogP contribution in [0.5, 0.6) is 5.75 Å². The fourth-order valence-corrected chi connectivity index (χ4v) is 3.78. The highest BCUT2D eigenvalue weighted by molar-refractivity contribution is 7.15. The van der Waals surface area contributed by atoms with Gasteiger partial charge in [-0.25, -0.2) is 4.79 Å². The van der Waals surface area contributed by atoms with Crippen LogP contribution in [-0.4, -0.2) is 25.6 Å². The van der Waals surface area contributed by atoms with Crippen LogP contribution in [0.25, 0.3) is 11.1 Å². The number of esters is 1. The third-order valence-corrected chi connectivity index (χ3v) is 5.27. The molecule has 2 aromatic carbocycles. The van der Waals surface area contributed by atoms with Gasteiger partial charge in [0.25, 0.3) is 5.91 Å². The summed E-state index contributed by atoms with van der Waals surface area (Å²) in [4.78, 5) is 25.2. The number of rotatable bonds is 6. The number of alkyl halides is 3. The summed E-state index contributed by atoms with van der Waals surface area (Å²) in [6.07, 6.45) is -4.49. The molecule has 0 saturated heterocycles. The molecule has 1 aromatic heterocycles. The first-order valence-electron chi connectivity index (χ1n) is 9.16. The highest BCUT2D eigenvalue weighted by Gasteiger charge is 2.30. The molecule has 3 aromatic rings. The number of amides is 1. The second-order valence-electron chi connectivity index (χ2n) is 6.33. The summed E-state index contributed by atoms with van der Waals surface area (Å²) >= 11 is 1.12. The molecule has 0 bridgehead atoms. The summed E-state index contributed by atoms with van der Waals surface area (Å²) in [5.41, 5.74) is 0.637. The first kappa shape index (κ1) is 22.4. The van der Waals surface area contributed by atoms with Crippen LogP contribution in [0.3, 0.4) is 0 Å². The lowest BCUT2D eigenvalue weighted by molar-refractivity contribution is -0.137. The maximum atomic E-state index is 12.7. The van der Waals surface area contributed by atoms with E-state index in [0.717, 1.165) is 41.2 Å². The highest BCUT2D eigenvalue weighted by Crippen LogP contribution is 2.37. The highest BCUT2D eigenvalue weighted by atomic mass is 32.1. The summed E-state index contributed by atoms with van der Waals surface area (Å²) in [6.45, 7) is 1.81. The van der Waals surface area contributed by atoms with Crippen molar-refractivity contribution in [2.45, 2.75) is 13.1 Å². The molecular formula is C22H18F3NO4S. The number of ether oxygens (including phenoxy) is 2. The van der Waals surface area contributed by atoms with Gasteiger partial charge >= 0.3 is 12.1 Å². The van der Waals surface area contributed by atoms with Crippen LogP contribution in [0.2, 0.25) is 0 Å². The molecule has 0 unspecified atom stereocenters. The van der Waals surface area contributed by atoms with Gasteiger partial charge in [-0.1, -0.05) is 12.1 Å². The Labute approximate surface area is 180 Å². The van der Waals surface area contributed by atoms with Gasteiger partial charge < -0.3 is 14.8 Å². The molecule has 1 heterocycles. The summed E-state index contributed by atoms with van der Waals surface area (Å²) in [7, 11) is 1.54. The number of carbonyl (C=O) groups excluding carboxylic acids is 2. The second-order valence-corrected chi connectivity index (χ2v) is 7.21. The zero-order valence-electron chi connectivity index (χ0n) is 16.6. The van der Waals surface area contributed by atoms with E-state index in [0.29, 0.717) is 11.3 Å². The summed E-state index contributed by atoms with van der Waals surface area (Å²) in [5.74, 6) is -0.604. The van der Waals surface area contributed by atoms with E-state index >= 15 is 0 Å². The zero-order valence-corrected chi connectivity index (χ0v) is 17.4. The monoisotopic (exact) mass is 449 g/mol. The number of carbonyl (C=O) groups is 2. The van der Waals surface area contributed by atoms with Gasteiger partial charge in [-0.2, -0.15) is 13.2 Å². The normalized spacial score (nSPS) is 11.1. The predicted octanol–water partition coefficient (Wildman–Crippen LogP) is 5.87. The molecule has 3 rings (SSSR count). The molecule has 0 fully saturated rings. The Morgan fingerprint density at radius 1 is 1.03 bits per heavy atom. The molecule has 1 amide bonds. The van der Waals surface area contributed by atoms with E-state index in [1.807, 2.05) is 0 Å². The van der Waals surface area contributed by atoms with Crippen molar-refractivity contribution in [1.82, 2.24) is 0 Å². The third kappa shape index (κ3) is 5.05. The van der Waals surface area contributed by atoms with Gasteiger partial charge in [0, 0.05) is 16.5 Å². The fraction of sp³-hybridized carbons (Fsp3) is 0.182. The van der Waals surface area contributed by atoms with Crippen molar-refractivity contribution in [2.24, 2.45) is 0 Å². The van der Waals surface area contributed by atoms with Crippen LogP contribution in [-0.2, 0) is 10.9 Å². The Morgan fingerprint density at radius 3 is 2.23 bits per heavy atom.